The van der Waals surface area contributed by atoms with Gasteiger partial charge >= 0.3 is 0 Å². The highest BCUT2D eigenvalue weighted by atomic mass is 19.1. The highest BCUT2D eigenvalue weighted by molar-refractivity contribution is 5.89. The number of alkyl halides is 1. The van der Waals surface area contributed by atoms with E-state index in [0.29, 0.717) is 26.4 Å². The molecule has 0 saturated heterocycles. The average Bonchev–Trinajstić information content (AvgIpc) is 2.70. The van der Waals surface area contributed by atoms with Crippen LogP contribution in [-0.4, -0.2) is 45.6 Å². The fourth-order valence-electron chi connectivity index (χ4n) is 3.05. The Hall–Kier alpha value is -2.44. The van der Waals surface area contributed by atoms with E-state index in [9.17, 15) is 9.18 Å². The van der Waals surface area contributed by atoms with Crippen LogP contribution in [0.2, 0.25) is 0 Å². The Labute approximate surface area is 172 Å². The van der Waals surface area contributed by atoms with E-state index < -0.39 is 6.67 Å². The van der Waals surface area contributed by atoms with Crippen molar-refractivity contribution in [1.29, 1.82) is 0 Å². The molecule has 1 amide bonds. The van der Waals surface area contributed by atoms with Crippen LogP contribution >= 0.6 is 0 Å². The van der Waals surface area contributed by atoms with Gasteiger partial charge in [0.25, 0.3) is 0 Å². The van der Waals surface area contributed by atoms with E-state index in [1.807, 2.05) is 30.3 Å². The molecular formula is C23H30FNO4. The van der Waals surface area contributed by atoms with Crippen molar-refractivity contribution < 1.29 is 23.4 Å². The number of anilines is 1. The fraction of sp³-hybridized carbons (Fsp3) is 0.435. The maximum atomic E-state index is 11.9. The summed E-state index contributed by atoms with van der Waals surface area (Å²) in [5.41, 5.74) is 5.40. The van der Waals surface area contributed by atoms with Gasteiger partial charge < -0.3 is 19.5 Å². The molecule has 0 aliphatic rings. The molecule has 0 aromatic heterocycles. The van der Waals surface area contributed by atoms with Gasteiger partial charge in [-0.25, -0.2) is 4.39 Å². The van der Waals surface area contributed by atoms with Gasteiger partial charge in [-0.1, -0.05) is 19.1 Å². The Kier molecular flexibility index (Phi) is 9.60. The van der Waals surface area contributed by atoms with Gasteiger partial charge in [-0.2, -0.15) is 0 Å². The van der Waals surface area contributed by atoms with Crippen LogP contribution in [0.1, 0.15) is 25.0 Å². The van der Waals surface area contributed by atoms with Crippen LogP contribution in [0.5, 0.6) is 5.75 Å². The minimum absolute atomic E-state index is 0.0752. The van der Waals surface area contributed by atoms with E-state index in [1.165, 1.54) is 12.5 Å². The number of carbonyl (C=O) groups is 1. The predicted octanol–water partition coefficient (Wildman–Crippen LogP) is 4.56. The molecule has 0 bridgehead atoms. The van der Waals surface area contributed by atoms with Gasteiger partial charge in [-0.05, 0) is 59.9 Å². The fourth-order valence-corrected chi connectivity index (χ4v) is 3.05. The zero-order chi connectivity index (χ0) is 21.1. The van der Waals surface area contributed by atoms with Crippen molar-refractivity contribution in [3.63, 3.8) is 0 Å². The van der Waals surface area contributed by atoms with Crippen LogP contribution in [-0.2, 0) is 20.7 Å². The molecule has 5 nitrogen and oxygen atoms in total. The van der Waals surface area contributed by atoms with Crippen LogP contribution in [0.3, 0.4) is 0 Å². The Morgan fingerprint density at radius 3 is 2.31 bits per heavy atom. The summed E-state index contributed by atoms with van der Waals surface area (Å²) in [4.78, 5) is 11.3. The molecule has 2 rings (SSSR count). The molecule has 0 unspecified atom stereocenters. The monoisotopic (exact) mass is 403 g/mol. The molecule has 1 N–H and O–H groups in total. The summed E-state index contributed by atoms with van der Waals surface area (Å²) in [6.07, 6.45) is 0.868. The molecule has 0 aliphatic heterocycles. The first kappa shape index (κ1) is 22.8. The number of ether oxygens (including phenoxy) is 3. The number of amides is 1. The SMILES string of the molecule is CCc1cc(NC(C)=O)ccc1-c1ccc(OCCOCCOCCF)cc1C. The lowest BCUT2D eigenvalue weighted by molar-refractivity contribution is -0.114. The largest absolute Gasteiger partial charge is 0.491 e. The third-order valence-electron chi connectivity index (χ3n) is 4.38. The third-order valence-corrected chi connectivity index (χ3v) is 4.38. The van der Waals surface area contributed by atoms with Crippen molar-refractivity contribution >= 4 is 11.6 Å². The predicted molar refractivity (Wildman–Crippen MR) is 113 cm³/mol. The van der Waals surface area contributed by atoms with E-state index in [-0.39, 0.29) is 12.5 Å². The molecule has 0 atom stereocenters. The third kappa shape index (κ3) is 7.48. The zero-order valence-corrected chi connectivity index (χ0v) is 17.4. The summed E-state index contributed by atoms with van der Waals surface area (Å²) >= 11 is 0. The number of nitrogens with one attached hydrogen (secondary N) is 1. The first-order chi connectivity index (χ1) is 14.0. The molecule has 29 heavy (non-hydrogen) atoms. The van der Waals surface area contributed by atoms with Gasteiger partial charge in [0.2, 0.25) is 5.91 Å². The average molecular weight is 403 g/mol. The Morgan fingerprint density at radius 1 is 0.966 bits per heavy atom. The highest BCUT2D eigenvalue weighted by Crippen LogP contribution is 2.31. The van der Waals surface area contributed by atoms with Crippen molar-refractivity contribution in [2.45, 2.75) is 27.2 Å². The zero-order valence-electron chi connectivity index (χ0n) is 17.4. The minimum Gasteiger partial charge on any atom is -0.491 e. The van der Waals surface area contributed by atoms with Gasteiger partial charge in [0, 0.05) is 12.6 Å². The Morgan fingerprint density at radius 2 is 1.66 bits per heavy atom. The number of hydrogen-bond acceptors (Lipinski definition) is 4. The number of halogens is 1. The summed E-state index contributed by atoms with van der Waals surface area (Å²) in [5.74, 6) is 0.713. The second-order valence-corrected chi connectivity index (χ2v) is 6.65. The molecule has 2 aromatic rings. The normalized spacial score (nSPS) is 10.8. The molecule has 0 fully saturated rings. The Balaban J connectivity index is 1.94. The summed E-state index contributed by atoms with van der Waals surface area (Å²) in [7, 11) is 0. The molecule has 0 saturated carbocycles. The van der Waals surface area contributed by atoms with Crippen molar-refractivity contribution in [1.82, 2.24) is 0 Å². The van der Waals surface area contributed by atoms with Crippen LogP contribution < -0.4 is 10.1 Å². The maximum Gasteiger partial charge on any atom is 0.221 e. The molecule has 0 radical (unpaired) electrons. The molecule has 6 heteroatoms. The van der Waals surface area contributed by atoms with Gasteiger partial charge in [-0.15, -0.1) is 0 Å². The van der Waals surface area contributed by atoms with E-state index in [4.69, 9.17) is 14.2 Å². The topological polar surface area (TPSA) is 56.8 Å². The van der Waals surface area contributed by atoms with Gasteiger partial charge in [-0.3, -0.25) is 4.79 Å². The van der Waals surface area contributed by atoms with Crippen LogP contribution in [0.15, 0.2) is 36.4 Å². The minimum atomic E-state index is -0.475. The highest BCUT2D eigenvalue weighted by Gasteiger charge is 2.09. The molecule has 0 spiro atoms. The molecule has 2 aromatic carbocycles. The summed E-state index contributed by atoms with van der Waals surface area (Å²) in [5, 5.41) is 2.83. The molecule has 158 valence electrons. The van der Waals surface area contributed by atoms with E-state index in [0.717, 1.165) is 34.5 Å². The number of benzene rings is 2. The van der Waals surface area contributed by atoms with Crippen molar-refractivity contribution in [3.8, 4) is 16.9 Å². The number of aryl methyl sites for hydroxylation is 2. The second kappa shape index (κ2) is 12.2. The quantitative estimate of drug-likeness (QED) is 0.528. The van der Waals surface area contributed by atoms with Gasteiger partial charge in [0.1, 0.15) is 19.0 Å². The van der Waals surface area contributed by atoms with Crippen molar-refractivity contribution in [3.05, 3.63) is 47.5 Å². The maximum absolute atomic E-state index is 11.9. The van der Waals surface area contributed by atoms with E-state index >= 15 is 0 Å². The second-order valence-electron chi connectivity index (χ2n) is 6.65. The smallest absolute Gasteiger partial charge is 0.221 e. The molecule has 0 aliphatic carbocycles. The van der Waals surface area contributed by atoms with E-state index in [2.05, 4.69) is 25.2 Å². The van der Waals surface area contributed by atoms with Crippen LogP contribution in [0.25, 0.3) is 11.1 Å². The number of rotatable bonds is 12. The van der Waals surface area contributed by atoms with Crippen molar-refractivity contribution in [2.75, 3.05) is 45.0 Å². The van der Waals surface area contributed by atoms with Gasteiger partial charge in [0.05, 0.1) is 26.4 Å². The van der Waals surface area contributed by atoms with Crippen molar-refractivity contribution in [2.24, 2.45) is 0 Å². The lowest BCUT2D eigenvalue weighted by atomic mass is 9.94. The lowest BCUT2D eigenvalue weighted by Crippen LogP contribution is -2.11. The first-order valence-electron chi connectivity index (χ1n) is 9.91. The summed E-state index contributed by atoms with van der Waals surface area (Å²) < 4.78 is 28.0. The molecular weight excluding hydrogens is 373 g/mol. The van der Waals surface area contributed by atoms with Gasteiger partial charge in [0.15, 0.2) is 0 Å². The summed E-state index contributed by atoms with van der Waals surface area (Å²) in [6, 6.07) is 12.0. The van der Waals surface area contributed by atoms with E-state index in [1.54, 1.807) is 0 Å². The number of hydrogen-bond donors (Lipinski definition) is 1. The Bertz CT molecular complexity index is 794. The van der Waals surface area contributed by atoms with Crippen LogP contribution in [0.4, 0.5) is 10.1 Å². The first-order valence-corrected chi connectivity index (χ1v) is 9.91. The molecule has 0 heterocycles. The standard InChI is InChI=1S/C23H30FNO4/c1-4-19-16-20(25-18(3)26)5-7-23(19)22-8-6-21(15-17(22)2)29-14-13-28-12-11-27-10-9-24/h5-8,15-16H,4,9-14H2,1-3H3,(H,25,26). The lowest BCUT2D eigenvalue weighted by Gasteiger charge is -2.15. The van der Waals surface area contributed by atoms with Crippen LogP contribution in [0, 0.1) is 6.92 Å². The summed E-state index contributed by atoms with van der Waals surface area (Å²) in [6.45, 7) is 7.01. The number of carbonyl (C=O) groups excluding carboxylic acids is 1.